The van der Waals surface area contributed by atoms with E-state index in [0.717, 1.165) is 62.4 Å². The lowest BCUT2D eigenvalue weighted by Crippen LogP contribution is -2.50. The molecule has 0 aromatic carbocycles. The Morgan fingerprint density at radius 3 is 2.04 bits per heavy atom. The summed E-state index contributed by atoms with van der Waals surface area (Å²) in [5.74, 6) is -0.551. The minimum atomic E-state index is -4.58. The lowest BCUT2D eigenvalue weighted by atomic mass is 10.1. The van der Waals surface area contributed by atoms with E-state index in [1.54, 1.807) is 0 Å². The Morgan fingerprint density at radius 1 is 1.08 bits per heavy atom. The number of hydrogen-bond donors (Lipinski definition) is 2. The van der Waals surface area contributed by atoms with Gasteiger partial charge in [-0.1, -0.05) is 27.4 Å². The molecular weight excluding hydrogens is 357 g/mol. The van der Waals surface area contributed by atoms with Gasteiger partial charge in [0.1, 0.15) is 0 Å². The molecule has 0 amide bonds. The molecule has 0 saturated carbocycles. The lowest BCUT2D eigenvalue weighted by Gasteiger charge is -2.39. The van der Waals surface area contributed by atoms with Crippen molar-refractivity contribution in [1.29, 1.82) is 0 Å². The fraction of sp³-hybridized carbons (Fsp3) is 0.833. The number of phosphoric ester groups is 1. The first-order chi connectivity index (χ1) is 12.2. The first-order valence-corrected chi connectivity index (χ1v) is 11.1. The van der Waals surface area contributed by atoms with E-state index in [-0.39, 0.29) is 13.0 Å². The molecule has 0 aliphatic rings. The fourth-order valence-electron chi connectivity index (χ4n) is 3.54. The van der Waals surface area contributed by atoms with E-state index in [9.17, 15) is 9.36 Å². The summed E-state index contributed by atoms with van der Waals surface area (Å²) in [6, 6.07) is 0. The molecule has 0 aromatic heterocycles. The number of nitrogens with zero attached hydrogens (tertiary/aromatic N) is 1. The van der Waals surface area contributed by atoms with Crippen molar-refractivity contribution in [2.75, 3.05) is 32.8 Å². The van der Waals surface area contributed by atoms with Gasteiger partial charge in [-0.3, -0.25) is 4.52 Å². The van der Waals surface area contributed by atoms with Crippen LogP contribution in [0.2, 0.25) is 0 Å². The van der Waals surface area contributed by atoms with Gasteiger partial charge in [0.2, 0.25) is 0 Å². The number of hydrogen-bond acceptors (Lipinski definition) is 4. The van der Waals surface area contributed by atoms with Crippen molar-refractivity contribution in [2.45, 2.75) is 65.4 Å². The van der Waals surface area contributed by atoms with E-state index in [1.807, 2.05) is 0 Å². The molecular formula is C18H37NO6P+. The number of rotatable bonds is 16. The van der Waals surface area contributed by atoms with Crippen LogP contribution in [0, 0.1) is 0 Å². The zero-order valence-corrected chi connectivity index (χ0v) is 17.5. The molecule has 1 unspecified atom stereocenters. The summed E-state index contributed by atoms with van der Waals surface area (Å²) in [5, 5.41) is 0. The molecule has 0 bridgehead atoms. The van der Waals surface area contributed by atoms with Crippen LogP contribution in [0.1, 0.15) is 59.3 Å². The van der Waals surface area contributed by atoms with Crippen LogP contribution in [0.5, 0.6) is 0 Å². The molecule has 0 rings (SSSR count). The van der Waals surface area contributed by atoms with Crippen molar-refractivity contribution < 1.29 is 32.9 Å². The highest BCUT2D eigenvalue weighted by Crippen LogP contribution is 2.39. The molecule has 0 aromatic rings. The Balaban J connectivity index is 4.73. The predicted octanol–water partition coefficient (Wildman–Crippen LogP) is 3.41. The predicted molar refractivity (Wildman–Crippen MR) is 103 cm³/mol. The minimum absolute atomic E-state index is 0.0500. The third-order valence-corrected chi connectivity index (χ3v) is 4.96. The summed E-state index contributed by atoms with van der Waals surface area (Å²) < 4.78 is 22.0. The molecule has 7 nitrogen and oxygen atoms in total. The normalized spacial score (nSPS) is 13.4. The largest absolute Gasteiger partial charge is 0.469 e. The summed E-state index contributed by atoms with van der Waals surface area (Å²) >= 11 is 0. The topological polar surface area (TPSA) is 93.1 Å². The Morgan fingerprint density at radius 2 is 1.62 bits per heavy atom. The Bertz CT molecular complexity index is 434. The van der Waals surface area contributed by atoms with Gasteiger partial charge >= 0.3 is 13.8 Å². The fourth-order valence-corrected chi connectivity index (χ4v) is 4.14. The Labute approximate surface area is 158 Å². The smallest absolute Gasteiger partial charge is 0.462 e. The van der Waals surface area contributed by atoms with Crippen LogP contribution in [0.4, 0.5) is 0 Å². The molecule has 0 aliphatic carbocycles. The van der Waals surface area contributed by atoms with Crippen molar-refractivity contribution in [3.63, 3.8) is 0 Å². The molecule has 0 aliphatic heterocycles. The van der Waals surface area contributed by atoms with Gasteiger partial charge in [-0.05, 0) is 32.1 Å². The van der Waals surface area contributed by atoms with Crippen LogP contribution in [0.3, 0.4) is 0 Å². The second-order valence-electron chi connectivity index (χ2n) is 6.76. The van der Waals surface area contributed by atoms with Crippen LogP contribution >= 0.6 is 7.82 Å². The van der Waals surface area contributed by atoms with E-state index >= 15 is 0 Å². The first-order valence-electron chi connectivity index (χ1n) is 9.60. The zero-order chi connectivity index (χ0) is 20.1. The first kappa shape index (κ1) is 25.3. The number of ether oxygens (including phenoxy) is 1. The molecule has 8 heteroatoms. The molecule has 0 spiro atoms. The summed E-state index contributed by atoms with van der Waals surface area (Å²) in [7, 11) is -4.58. The van der Waals surface area contributed by atoms with E-state index < -0.39 is 19.9 Å². The van der Waals surface area contributed by atoms with E-state index in [4.69, 9.17) is 19.0 Å². The van der Waals surface area contributed by atoms with Gasteiger partial charge in [0.05, 0.1) is 38.9 Å². The quantitative estimate of drug-likeness (QED) is 0.180. The van der Waals surface area contributed by atoms with Crippen molar-refractivity contribution in [2.24, 2.45) is 0 Å². The monoisotopic (exact) mass is 394 g/mol. The van der Waals surface area contributed by atoms with Gasteiger partial charge in [-0.2, -0.15) is 0 Å². The Kier molecular flexibility index (Phi) is 13.1. The van der Waals surface area contributed by atoms with Gasteiger partial charge < -0.3 is 19.0 Å². The summed E-state index contributed by atoms with van der Waals surface area (Å²) in [6.07, 6.45) is 5.33. The summed E-state index contributed by atoms with van der Waals surface area (Å²) in [5.41, 5.74) is 0. The third kappa shape index (κ3) is 11.8. The van der Waals surface area contributed by atoms with E-state index in [2.05, 4.69) is 27.4 Å². The molecule has 1 atom stereocenters. The molecule has 0 fully saturated rings. The third-order valence-electron chi connectivity index (χ3n) is 4.39. The lowest BCUT2D eigenvalue weighted by molar-refractivity contribution is -0.928. The summed E-state index contributed by atoms with van der Waals surface area (Å²) in [4.78, 5) is 29.3. The highest BCUT2D eigenvalue weighted by molar-refractivity contribution is 7.46. The molecule has 0 heterocycles. The number of carbonyl (C=O) groups is 1. The standard InChI is InChI=1S/C18H36NO6P/c1-5-12-19(13-6-2,14-7-3)15-9-10-17(25-26(21,22)23)11-16-24-18(20)8-4/h8,17H,4-7,9-16H2,1-3H3,(H-,21,22,23)/p+1. The van der Waals surface area contributed by atoms with Crippen molar-refractivity contribution in [3.05, 3.63) is 12.7 Å². The van der Waals surface area contributed by atoms with Crippen LogP contribution < -0.4 is 0 Å². The number of esters is 1. The number of phosphoric acid groups is 1. The highest BCUT2D eigenvalue weighted by Gasteiger charge is 2.27. The van der Waals surface area contributed by atoms with Crippen molar-refractivity contribution in [1.82, 2.24) is 0 Å². The van der Waals surface area contributed by atoms with Crippen molar-refractivity contribution in [3.8, 4) is 0 Å². The van der Waals surface area contributed by atoms with Gasteiger partial charge in [0.15, 0.2) is 0 Å². The van der Waals surface area contributed by atoms with Crippen LogP contribution in [0.25, 0.3) is 0 Å². The maximum Gasteiger partial charge on any atom is 0.469 e. The second-order valence-corrected chi connectivity index (χ2v) is 7.95. The van der Waals surface area contributed by atoms with Crippen molar-refractivity contribution >= 4 is 13.8 Å². The molecule has 26 heavy (non-hydrogen) atoms. The average Bonchev–Trinajstić information content (AvgIpc) is 2.53. The second kappa shape index (κ2) is 13.4. The van der Waals surface area contributed by atoms with Gasteiger partial charge in [-0.15, -0.1) is 0 Å². The van der Waals surface area contributed by atoms with Crippen LogP contribution in [-0.2, 0) is 18.6 Å². The van der Waals surface area contributed by atoms with Crippen LogP contribution in [0.15, 0.2) is 12.7 Å². The SMILES string of the molecule is C=CC(=O)OCCC(CCC[N+](CCC)(CCC)CCC)OP(=O)(O)O. The molecule has 0 saturated heterocycles. The molecule has 154 valence electrons. The average molecular weight is 394 g/mol. The van der Waals surface area contributed by atoms with E-state index in [0.29, 0.717) is 6.42 Å². The Hall–Kier alpha value is -0.720. The number of carbonyl (C=O) groups excluding carboxylic acids is 1. The van der Waals surface area contributed by atoms with Gasteiger partial charge in [0, 0.05) is 12.5 Å². The summed E-state index contributed by atoms with van der Waals surface area (Å²) in [6.45, 7) is 14.2. The van der Waals surface area contributed by atoms with Gasteiger partial charge in [-0.25, -0.2) is 9.36 Å². The van der Waals surface area contributed by atoms with E-state index in [1.165, 1.54) is 0 Å². The minimum Gasteiger partial charge on any atom is -0.462 e. The molecule has 0 radical (unpaired) electrons. The molecule has 2 N–H and O–H groups in total. The zero-order valence-electron chi connectivity index (χ0n) is 16.6. The maximum absolute atomic E-state index is 11.2. The van der Waals surface area contributed by atoms with Gasteiger partial charge in [0.25, 0.3) is 0 Å². The number of quaternary nitrogens is 1. The highest BCUT2D eigenvalue weighted by atomic mass is 31.2. The maximum atomic E-state index is 11.2. The van der Waals surface area contributed by atoms with Crippen LogP contribution in [-0.4, -0.2) is 59.1 Å².